The van der Waals surface area contributed by atoms with Crippen LogP contribution in [0.15, 0.2) is 60.1 Å². The molecule has 1 amide bonds. The normalized spacial score (nSPS) is 10.8. The molecule has 0 aliphatic rings. The summed E-state index contributed by atoms with van der Waals surface area (Å²) in [6.07, 6.45) is 1.97. The number of halogens is 1. The summed E-state index contributed by atoms with van der Waals surface area (Å²) in [5, 5.41) is 4.67. The lowest BCUT2D eigenvalue weighted by atomic mass is 10.2. The van der Waals surface area contributed by atoms with E-state index in [9.17, 15) is 14.0 Å². The van der Waals surface area contributed by atoms with Gasteiger partial charge in [-0.2, -0.15) is 0 Å². The van der Waals surface area contributed by atoms with Gasteiger partial charge in [-0.3, -0.25) is 9.20 Å². The maximum Gasteiger partial charge on any atom is 0.337 e. The monoisotopic (exact) mass is 409 g/mol. The first-order valence-corrected chi connectivity index (χ1v) is 9.61. The number of aromatic nitrogens is 2. The van der Waals surface area contributed by atoms with Crippen molar-refractivity contribution in [3.05, 3.63) is 77.2 Å². The number of thiazole rings is 1. The first kappa shape index (κ1) is 18.8. The number of carbonyl (C=O) groups excluding carboxylic acids is 2. The first-order valence-electron chi connectivity index (χ1n) is 8.73. The number of fused-ring (bicyclic) bond motifs is 1. The Bertz CT molecular complexity index is 1200. The average molecular weight is 409 g/mol. The molecule has 0 saturated heterocycles. The van der Waals surface area contributed by atoms with E-state index < -0.39 is 5.97 Å². The van der Waals surface area contributed by atoms with Crippen molar-refractivity contribution in [1.29, 1.82) is 0 Å². The molecule has 4 aromatic rings. The van der Waals surface area contributed by atoms with Gasteiger partial charge in [-0.25, -0.2) is 14.2 Å². The number of hydrogen-bond donors (Lipinski definition) is 1. The van der Waals surface area contributed by atoms with Crippen molar-refractivity contribution in [2.75, 3.05) is 12.4 Å². The van der Waals surface area contributed by atoms with Crippen LogP contribution in [-0.2, 0) is 16.0 Å². The van der Waals surface area contributed by atoms with Crippen LogP contribution in [0.5, 0.6) is 0 Å². The fourth-order valence-corrected chi connectivity index (χ4v) is 3.80. The second kappa shape index (κ2) is 7.84. The molecule has 0 saturated carbocycles. The molecular weight excluding hydrogens is 393 g/mol. The molecule has 6 nitrogen and oxygen atoms in total. The van der Waals surface area contributed by atoms with E-state index in [1.54, 1.807) is 36.4 Å². The Morgan fingerprint density at radius 1 is 1.21 bits per heavy atom. The molecule has 4 rings (SSSR count). The average Bonchev–Trinajstić information content (AvgIpc) is 3.30. The van der Waals surface area contributed by atoms with Gasteiger partial charge in [0, 0.05) is 28.5 Å². The Kier molecular flexibility index (Phi) is 5.09. The zero-order valence-corrected chi connectivity index (χ0v) is 16.2. The number of esters is 1. The molecule has 0 aliphatic carbocycles. The van der Waals surface area contributed by atoms with E-state index in [0.29, 0.717) is 16.9 Å². The van der Waals surface area contributed by atoms with Crippen LogP contribution in [-0.4, -0.2) is 28.4 Å². The number of carbonyl (C=O) groups is 2. The second-order valence-corrected chi connectivity index (χ2v) is 7.15. The third kappa shape index (κ3) is 4.02. The van der Waals surface area contributed by atoms with Crippen LogP contribution < -0.4 is 5.32 Å². The summed E-state index contributed by atoms with van der Waals surface area (Å²) < 4.78 is 19.7. The van der Waals surface area contributed by atoms with Gasteiger partial charge in [-0.15, -0.1) is 11.3 Å². The molecule has 0 aliphatic heterocycles. The van der Waals surface area contributed by atoms with Crippen molar-refractivity contribution < 1.29 is 18.7 Å². The molecule has 0 atom stereocenters. The molecule has 0 fully saturated rings. The van der Waals surface area contributed by atoms with Crippen LogP contribution in [0.4, 0.5) is 10.1 Å². The van der Waals surface area contributed by atoms with Gasteiger partial charge in [0.25, 0.3) is 0 Å². The zero-order chi connectivity index (χ0) is 20.4. The Balaban J connectivity index is 1.51. The maximum absolute atomic E-state index is 13.1. The maximum atomic E-state index is 13.1. The molecule has 146 valence electrons. The van der Waals surface area contributed by atoms with Gasteiger partial charge in [0.2, 0.25) is 5.91 Å². The lowest BCUT2D eigenvalue weighted by molar-refractivity contribution is -0.115. The molecule has 2 aromatic carbocycles. The minimum atomic E-state index is -0.465. The summed E-state index contributed by atoms with van der Waals surface area (Å²) in [5.74, 6) is -0.987. The van der Waals surface area contributed by atoms with E-state index in [2.05, 4.69) is 10.3 Å². The Morgan fingerprint density at radius 2 is 2.00 bits per heavy atom. The van der Waals surface area contributed by atoms with Crippen molar-refractivity contribution in [3.8, 4) is 11.3 Å². The highest BCUT2D eigenvalue weighted by Crippen LogP contribution is 2.24. The number of ether oxygens (including phenoxy) is 1. The summed E-state index contributed by atoms with van der Waals surface area (Å²) >= 11 is 1.43. The lowest BCUT2D eigenvalue weighted by Gasteiger charge is -2.06. The summed E-state index contributed by atoms with van der Waals surface area (Å²) in [6, 6.07) is 12.7. The molecule has 1 N–H and O–H groups in total. The number of anilines is 1. The van der Waals surface area contributed by atoms with Gasteiger partial charge < -0.3 is 10.1 Å². The van der Waals surface area contributed by atoms with Gasteiger partial charge in [-0.05, 0) is 42.5 Å². The Morgan fingerprint density at radius 3 is 2.76 bits per heavy atom. The van der Waals surface area contributed by atoms with Crippen LogP contribution in [0, 0.1) is 5.82 Å². The predicted molar refractivity (Wildman–Crippen MR) is 109 cm³/mol. The smallest absolute Gasteiger partial charge is 0.337 e. The molecule has 0 unspecified atom stereocenters. The van der Waals surface area contributed by atoms with Crippen molar-refractivity contribution in [1.82, 2.24) is 9.38 Å². The molecule has 2 heterocycles. The van der Waals surface area contributed by atoms with E-state index in [1.807, 2.05) is 16.0 Å². The van der Waals surface area contributed by atoms with Crippen molar-refractivity contribution in [2.24, 2.45) is 0 Å². The van der Waals surface area contributed by atoms with Crippen molar-refractivity contribution in [2.45, 2.75) is 6.42 Å². The zero-order valence-electron chi connectivity index (χ0n) is 15.4. The first-order chi connectivity index (χ1) is 14.0. The van der Waals surface area contributed by atoms with Gasteiger partial charge in [0.1, 0.15) is 5.82 Å². The van der Waals surface area contributed by atoms with E-state index >= 15 is 0 Å². The van der Waals surface area contributed by atoms with Crippen LogP contribution in [0.1, 0.15) is 16.1 Å². The number of nitrogens with one attached hydrogen (secondary N) is 1. The Labute approximate surface area is 169 Å². The quantitative estimate of drug-likeness (QED) is 0.502. The molecule has 0 radical (unpaired) electrons. The molecule has 29 heavy (non-hydrogen) atoms. The SMILES string of the molecule is COC(=O)c1cccc(NC(=O)Cc2csc3nc(-c4ccc(F)cc4)cn23)c1. The summed E-state index contributed by atoms with van der Waals surface area (Å²) in [5.41, 5.74) is 3.18. The van der Waals surface area contributed by atoms with Crippen molar-refractivity contribution in [3.63, 3.8) is 0 Å². The topological polar surface area (TPSA) is 72.7 Å². The molecule has 0 spiro atoms. The van der Waals surface area contributed by atoms with Gasteiger partial charge in [-0.1, -0.05) is 6.07 Å². The van der Waals surface area contributed by atoms with Crippen LogP contribution in [0.25, 0.3) is 16.2 Å². The number of nitrogens with zero attached hydrogens (tertiary/aromatic N) is 2. The highest BCUT2D eigenvalue weighted by atomic mass is 32.1. The van der Waals surface area contributed by atoms with Gasteiger partial charge >= 0.3 is 5.97 Å². The van der Waals surface area contributed by atoms with E-state index in [1.165, 1.54) is 30.6 Å². The van der Waals surface area contributed by atoms with Crippen LogP contribution in [0.2, 0.25) is 0 Å². The fraction of sp³-hybridized carbons (Fsp3) is 0.0952. The standard InChI is InChI=1S/C21H16FN3O3S/c1-28-20(27)14-3-2-4-16(9-14)23-19(26)10-17-12-29-21-24-18(11-25(17)21)13-5-7-15(22)8-6-13/h2-9,11-12H,10H2,1H3,(H,23,26). The second-order valence-electron chi connectivity index (χ2n) is 6.31. The van der Waals surface area contributed by atoms with Crippen LogP contribution >= 0.6 is 11.3 Å². The minimum absolute atomic E-state index is 0.141. The largest absolute Gasteiger partial charge is 0.465 e. The van der Waals surface area contributed by atoms with Gasteiger partial charge in [0.15, 0.2) is 4.96 Å². The molecule has 8 heteroatoms. The Hall–Kier alpha value is -3.52. The highest BCUT2D eigenvalue weighted by molar-refractivity contribution is 7.15. The molecule has 0 bridgehead atoms. The lowest BCUT2D eigenvalue weighted by Crippen LogP contribution is -2.15. The number of imidazole rings is 1. The number of benzene rings is 2. The molecule has 2 aromatic heterocycles. The summed E-state index contributed by atoms with van der Waals surface area (Å²) in [4.78, 5) is 29.4. The van der Waals surface area contributed by atoms with E-state index in [4.69, 9.17) is 4.74 Å². The minimum Gasteiger partial charge on any atom is -0.465 e. The third-order valence-electron chi connectivity index (χ3n) is 4.33. The predicted octanol–water partition coefficient (Wildman–Crippen LogP) is 4.17. The summed E-state index contributed by atoms with van der Waals surface area (Å²) in [6.45, 7) is 0. The number of methoxy groups -OCH3 is 1. The third-order valence-corrected chi connectivity index (χ3v) is 5.22. The van der Waals surface area contributed by atoms with E-state index in [-0.39, 0.29) is 18.1 Å². The van der Waals surface area contributed by atoms with Crippen LogP contribution in [0.3, 0.4) is 0 Å². The van der Waals surface area contributed by atoms with Gasteiger partial charge in [0.05, 0.1) is 24.8 Å². The van der Waals surface area contributed by atoms with Crippen molar-refractivity contribution >= 4 is 33.9 Å². The van der Waals surface area contributed by atoms with E-state index in [0.717, 1.165) is 16.2 Å². The number of rotatable bonds is 5. The highest BCUT2D eigenvalue weighted by Gasteiger charge is 2.14. The molecular formula is C21H16FN3O3S. The number of hydrogen-bond acceptors (Lipinski definition) is 5. The number of amides is 1. The summed E-state index contributed by atoms with van der Waals surface area (Å²) in [7, 11) is 1.31. The fourth-order valence-electron chi connectivity index (χ4n) is 2.93.